The van der Waals surface area contributed by atoms with Crippen LogP contribution in [0, 0.1) is 0 Å². The van der Waals surface area contributed by atoms with Crippen LogP contribution in [0.4, 0.5) is 5.69 Å². The molecule has 1 N–H and O–H groups in total. The van der Waals surface area contributed by atoms with Crippen molar-refractivity contribution < 1.29 is 9.32 Å². The molecule has 7 heteroatoms. The van der Waals surface area contributed by atoms with Crippen LogP contribution in [0.5, 0.6) is 0 Å². The first-order valence-corrected chi connectivity index (χ1v) is 10.1. The molecule has 0 aliphatic heterocycles. The Balaban J connectivity index is 1.61. The number of carbonyl (C=O) groups is 1. The lowest BCUT2D eigenvalue weighted by molar-refractivity contribution is -0.120. The van der Waals surface area contributed by atoms with Crippen molar-refractivity contribution in [3.8, 4) is 11.4 Å². The second-order valence-corrected chi connectivity index (χ2v) is 7.28. The van der Waals surface area contributed by atoms with Gasteiger partial charge in [0.05, 0.1) is 6.04 Å². The number of benzene rings is 2. The molecule has 0 radical (unpaired) electrons. The number of halogens is 1. The molecule has 0 bridgehead atoms. The van der Waals surface area contributed by atoms with E-state index in [1.807, 2.05) is 49.4 Å². The summed E-state index contributed by atoms with van der Waals surface area (Å²) < 4.78 is 5.39. The third-order valence-electron chi connectivity index (χ3n) is 4.64. The lowest BCUT2D eigenvalue weighted by Gasteiger charge is -2.27. The van der Waals surface area contributed by atoms with Crippen molar-refractivity contribution in [1.29, 1.82) is 0 Å². The predicted molar refractivity (Wildman–Crippen MR) is 115 cm³/mol. The standard InChI is InChI=1S/C22H25ClN4O2/c1-3-13-27(16(2)22(28)24-19-10-5-4-6-11-19)14-12-20-25-21(26-29-20)17-8-7-9-18(23)15-17/h4-11,15-16H,3,12-14H2,1-2H3,(H,24,28). The molecule has 6 nitrogen and oxygen atoms in total. The van der Waals surface area contributed by atoms with Gasteiger partial charge in [0.1, 0.15) is 0 Å². The Labute approximate surface area is 175 Å². The van der Waals surface area contributed by atoms with Crippen LogP contribution >= 0.6 is 11.6 Å². The smallest absolute Gasteiger partial charge is 0.241 e. The summed E-state index contributed by atoms with van der Waals surface area (Å²) in [5.41, 5.74) is 1.61. The molecule has 1 heterocycles. The number of hydrogen-bond acceptors (Lipinski definition) is 5. The Bertz CT molecular complexity index is 929. The fourth-order valence-corrected chi connectivity index (χ4v) is 3.25. The summed E-state index contributed by atoms with van der Waals surface area (Å²) in [4.78, 5) is 19.2. The van der Waals surface area contributed by atoms with E-state index < -0.39 is 0 Å². The Kier molecular flexibility index (Phi) is 7.38. The van der Waals surface area contributed by atoms with Crippen molar-refractivity contribution in [2.75, 3.05) is 18.4 Å². The van der Waals surface area contributed by atoms with Gasteiger partial charge in [0.25, 0.3) is 0 Å². The maximum absolute atomic E-state index is 12.6. The molecular formula is C22H25ClN4O2. The Morgan fingerprint density at radius 2 is 1.97 bits per heavy atom. The highest BCUT2D eigenvalue weighted by Gasteiger charge is 2.21. The predicted octanol–water partition coefficient (Wildman–Crippen LogP) is 4.67. The lowest BCUT2D eigenvalue weighted by Crippen LogP contribution is -2.43. The Morgan fingerprint density at radius 1 is 1.17 bits per heavy atom. The molecule has 152 valence electrons. The van der Waals surface area contributed by atoms with E-state index in [0.717, 1.165) is 24.2 Å². The minimum Gasteiger partial charge on any atom is -0.339 e. The van der Waals surface area contributed by atoms with Crippen molar-refractivity contribution in [1.82, 2.24) is 15.0 Å². The number of rotatable bonds is 9. The molecule has 3 aromatic rings. The molecule has 0 aliphatic rings. The van der Waals surface area contributed by atoms with Crippen LogP contribution in [0.15, 0.2) is 59.1 Å². The van der Waals surface area contributed by atoms with E-state index in [9.17, 15) is 4.79 Å². The zero-order valence-corrected chi connectivity index (χ0v) is 17.4. The molecule has 3 rings (SSSR count). The number of hydrogen-bond donors (Lipinski definition) is 1. The number of para-hydroxylation sites is 1. The highest BCUT2D eigenvalue weighted by Crippen LogP contribution is 2.20. The van der Waals surface area contributed by atoms with Crippen LogP contribution in [0.25, 0.3) is 11.4 Å². The van der Waals surface area contributed by atoms with Gasteiger partial charge in [0, 0.05) is 29.2 Å². The van der Waals surface area contributed by atoms with Crippen molar-refractivity contribution in [3.63, 3.8) is 0 Å². The SMILES string of the molecule is CCCN(CCc1nc(-c2cccc(Cl)c2)no1)C(C)C(=O)Nc1ccccc1. The Hall–Kier alpha value is -2.70. The van der Waals surface area contributed by atoms with E-state index in [2.05, 4.69) is 27.3 Å². The molecule has 0 fully saturated rings. The van der Waals surface area contributed by atoms with E-state index in [1.54, 1.807) is 12.1 Å². The van der Waals surface area contributed by atoms with Crippen LogP contribution in [0.1, 0.15) is 26.2 Å². The van der Waals surface area contributed by atoms with Gasteiger partial charge in [-0.15, -0.1) is 0 Å². The van der Waals surface area contributed by atoms with Crippen LogP contribution in [0.2, 0.25) is 5.02 Å². The largest absolute Gasteiger partial charge is 0.339 e. The second-order valence-electron chi connectivity index (χ2n) is 6.84. The van der Waals surface area contributed by atoms with Crippen molar-refractivity contribution in [2.45, 2.75) is 32.7 Å². The normalized spacial score (nSPS) is 12.1. The minimum absolute atomic E-state index is 0.0326. The number of nitrogens with zero attached hydrogens (tertiary/aromatic N) is 3. The summed E-state index contributed by atoms with van der Waals surface area (Å²) in [6.07, 6.45) is 1.51. The summed E-state index contributed by atoms with van der Waals surface area (Å²) >= 11 is 6.03. The van der Waals surface area contributed by atoms with Crippen molar-refractivity contribution >= 4 is 23.2 Å². The summed E-state index contributed by atoms with van der Waals surface area (Å²) in [5, 5.41) is 7.64. The fourth-order valence-electron chi connectivity index (χ4n) is 3.06. The van der Waals surface area contributed by atoms with Gasteiger partial charge >= 0.3 is 0 Å². The first-order valence-electron chi connectivity index (χ1n) is 9.75. The first-order chi connectivity index (χ1) is 14.1. The van der Waals surface area contributed by atoms with E-state index >= 15 is 0 Å². The molecular weight excluding hydrogens is 388 g/mol. The number of carbonyl (C=O) groups excluding carboxylic acids is 1. The third kappa shape index (κ3) is 5.89. The quantitative estimate of drug-likeness (QED) is 0.552. The summed E-state index contributed by atoms with van der Waals surface area (Å²) in [5.74, 6) is 1.02. The van der Waals surface area contributed by atoms with Gasteiger partial charge in [-0.05, 0) is 44.2 Å². The number of nitrogens with one attached hydrogen (secondary N) is 1. The molecule has 29 heavy (non-hydrogen) atoms. The molecule has 0 saturated carbocycles. The van der Waals surface area contributed by atoms with Crippen LogP contribution in [0.3, 0.4) is 0 Å². The topological polar surface area (TPSA) is 71.3 Å². The second kappa shape index (κ2) is 10.2. The average Bonchev–Trinajstić information content (AvgIpc) is 3.20. The summed E-state index contributed by atoms with van der Waals surface area (Å²) in [6, 6.07) is 16.6. The zero-order chi connectivity index (χ0) is 20.6. The molecule has 1 unspecified atom stereocenters. The monoisotopic (exact) mass is 412 g/mol. The molecule has 1 amide bonds. The number of amides is 1. The Morgan fingerprint density at radius 3 is 2.69 bits per heavy atom. The molecule has 1 atom stereocenters. The van der Waals surface area contributed by atoms with Crippen LogP contribution < -0.4 is 5.32 Å². The highest BCUT2D eigenvalue weighted by molar-refractivity contribution is 6.30. The number of aromatic nitrogens is 2. The summed E-state index contributed by atoms with van der Waals surface area (Å²) in [7, 11) is 0. The van der Waals surface area contributed by atoms with Crippen molar-refractivity contribution in [3.05, 3.63) is 65.5 Å². The lowest BCUT2D eigenvalue weighted by atomic mass is 10.2. The molecule has 0 saturated heterocycles. The van der Waals surface area contributed by atoms with Gasteiger partial charge in [0.2, 0.25) is 17.6 Å². The zero-order valence-electron chi connectivity index (χ0n) is 16.6. The van der Waals surface area contributed by atoms with Gasteiger partial charge in [-0.3, -0.25) is 9.69 Å². The van der Waals surface area contributed by atoms with Gasteiger partial charge in [0.15, 0.2) is 0 Å². The van der Waals surface area contributed by atoms with Crippen LogP contribution in [-0.2, 0) is 11.2 Å². The maximum Gasteiger partial charge on any atom is 0.241 e. The molecule has 0 spiro atoms. The number of anilines is 1. The van der Waals surface area contributed by atoms with Crippen LogP contribution in [-0.4, -0.2) is 40.1 Å². The highest BCUT2D eigenvalue weighted by atomic mass is 35.5. The van der Waals surface area contributed by atoms with E-state index in [0.29, 0.717) is 29.7 Å². The average molecular weight is 413 g/mol. The first kappa shape index (κ1) is 21.0. The van der Waals surface area contributed by atoms with E-state index in [4.69, 9.17) is 16.1 Å². The minimum atomic E-state index is -0.273. The fraction of sp³-hybridized carbons (Fsp3) is 0.318. The van der Waals surface area contributed by atoms with Gasteiger partial charge < -0.3 is 9.84 Å². The molecule has 1 aromatic heterocycles. The maximum atomic E-state index is 12.6. The van der Waals surface area contributed by atoms with Gasteiger partial charge in [-0.25, -0.2) is 0 Å². The van der Waals surface area contributed by atoms with E-state index in [-0.39, 0.29) is 11.9 Å². The van der Waals surface area contributed by atoms with E-state index in [1.165, 1.54) is 0 Å². The third-order valence-corrected chi connectivity index (χ3v) is 4.88. The molecule has 0 aliphatic carbocycles. The van der Waals surface area contributed by atoms with Gasteiger partial charge in [-0.2, -0.15) is 4.98 Å². The molecule has 2 aromatic carbocycles. The van der Waals surface area contributed by atoms with Gasteiger partial charge in [-0.1, -0.05) is 54.0 Å². The summed E-state index contributed by atoms with van der Waals surface area (Å²) in [6.45, 7) is 5.46. The van der Waals surface area contributed by atoms with Crippen molar-refractivity contribution in [2.24, 2.45) is 0 Å².